The molecule has 0 fully saturated rings. The number of aromatic amines is 1. The van der Waals surface area contributed by atoms with E-state index >= 15 is 0 Å². The SMILES string of the molecule is CCC(C)(C)n1c(=O)[nH]c(Cl)c(-c2ccc(F)cc2)c1=O. The Labute approximate surface area is 126 Å². The number of nitrogens with one attached hydrogen (secondary N) is 1. The maximum atomic E-state index is 13.0. The lowest BCUT2D eigenvalue weighted by molar-refractivity contribution is 0.318. The largest absolute Gasteiger partial charge is 0.330 e. The lowest BCUT2D eigenvalue weighted by Gasteiger charge is -2.25. The second kappa shape index (κ2) is 5.48. The van der Waals surface area contributed by atoms with E-state index in [1.54, 1.807) is 13.8 Å². The molecule has 0 aliphatic rings. The molecule has 0 radical (unpaired) electrons. The Kier molecular flexibility index (Phi) is 4.05. The lowest BCUT2D eigenvalue weighted by Crippen LogP contribution is -2.46. The van der Waals surface area contributed by atoms with E-state index in [0.29, 0.717) is 12.0 Å². The van der Waals surface area contributed by atoms with Gasteiger partial charge in [-0.2, -0.15) is 0 Å². The van der Waals surface area contributed by atoms with Crippen LogP contribution in [0.2, 0.25) is 5.15 Å². The Morgan fingerprint density at radius 2 is 1.81 bits per heavy atom. The molecule has 0 aliphatic carbocycles. The lowest BCUT2D eigenvalue weighted by atomic mass is 10.0. The minimum absolute atomic E-state index is 0.0419. The molecule has 0 atom stereocenters. The summed E-state index contributed by atoms with van der Waals surface area (Å²) < 4.78 is 14.2. The maximum Gasteiger partial charge on any atom is 0.330 e. The summed E-state index contributed by atoms with van der Waals surface area (Å²) in [6.07, 6.45) is 0.598. The molecule has 0 amide bonds. The average Bonchev–Trinajstić information content (AvgIpc) is 2.40. The number of rotatable bonds is 3. The van der Waals surface area contributed by atoms with Gasteiger partial charge in [-0.3, -0.25) is 14.3 Å². The predicted octanol–water partition coefficient (Wildman–Crippen LogP) is 3.14. The summed E-state index contributed by atoms with van der Waals surface area (Å²) in [6, 6.07) is 5.40. The van der Waals surface area contributed by atoms with Crippen LogP contribution in [0.1, 0.15) is 27.2 Å². The van der Waals surface area contributed by atoms with Gasteiger partial charge in [-0.25, -0.2) is 9.18 Å². The third-order valence-electron chi connectivity index (χ3n) is 3.66. The highest BCUT2D eigenvalue weighted by atomic mass is 35.5. The molecular weight excluding hydrogens is 295 g/mol. The van der Waals surface area contributed by atoms with Gasteiger partial charge in [0.05, 0.1) is 5.56 Å². The van der Waals surface area contributed by atoms with Crippen LogP contribution in [-0.4, -0.2) is 9.55 Å². The molecule has 1 heterocycles. The first-order valence-electron chi connectivity index (χ1n) is 6.59. The summed E-state index contributed by atoms with van der Waals surface area (Å²) in [4.78, 5) is 27.2. The van der Waals surface area contributed by atoms with Crippen molar-refractivity contribution in [2.75, 3.05) is 0 Å². The first-order valence-corrected chi connectivity index (χ1v) is 6.97. The molecular formula is C15H16ClFN2O2. The Morgan fingerprint density at radius 1 is 1.24 bits per heavy atom. The monoisotopic (exact) mass is 310 g/mol. The fourth-order valence-corrected chi connectivity index (χ4v) is 2.36. The fraction of sp³-hybridized carbons (Fsp3) is 0.333. The highest BCUT2D eigenvalue weighted by Crippen LogP contribution is 2.23. The van der Waals surface area contributed by atoms with Crippen molar-refractivity contribution in [2.24, 2.45) is 0 Å². The number of H-pyrrole nitrogens is 1. The summed E-state index contributed by atoms with van der Waals surface area (Å²) in [5.41, 5.74) is -1.06. The fourth-order valence-electron chi connectivity index (χ4n) is 2.08. The number of benzene rings is 1. The van der Waals surface area contributed by atoms with Crippen molar-refractivity contribution in [3.05, 3.63) is 56.1 Å². The Hall–Kier alpha value is -1.88. The summed E-state index contributed by atoms with van der Waals surface area (Å²) in [5, 5.41) is -0.0419. The Morgan fingerprint density at radius 3 is 2.33 bits per heavy atom. The predicted molar refractivity (Wildman–Crippen MR) is 81.3 cm³/mol. The van der Waals surface area contributed by atoms with Crippen molar-refractivity contribution in [2.45, 2.75) is 32.7 Å². The molecule has 21 heavy (non-hydrogen) atoms. The van der Waals surface area contributed by atoms with Gasteiger partial charge in [-0.1, -0.05) is 30.7 Å². The highest BCUT2D eigenvalue weighted by molar-refractivity contribution is 6.32. The van der Waals surface area contributed by atoms with Gasteiger partial charge in [-0.05, 0) is 38.0 Å². The summed E-state index contributed by atoms with van der Waals surface area (Å²) in [6.45, 7) is 5.48. The van der Waals surface area contributed by atoms with Crippen LogP contribution >= 0.6 is 11.6 Å². The zero-order valence-corrected chi connectivity index (χ0v) is 12.8. The Balaban J connectivity index is 2.80. The molecule has 6 heteroatoms. The van der Waals surface area contributed by atoms with E-state index in [1.807, 2.05) is 6.92 Å². The van der Waals surface area contributed by atoms with Gasteiger partial charge < -0.3 is 0 Å². The van der Waals surface area contributed by atoms with E-state index in [1.165, 1.54) is 24.3 Å². The van der Waals surface area contributed by atoms with Gasteiger partial charge in [0, 0.05) is 5.54 Å². The van der Waals surface area contributed by atoms with E-state index in [9.17, 15) is 14.0 Å². The zero-order valence-electron chi connectivity index (χ0n) is 12.0. The molecule has 0 saturated heterocycles. The van der Waals surface area contributed by atoms with Gasteiger partial charge in [0.15, 0.2) is 0 Å². The average molecular weight is 311 g/mol. The number of hydrogen-bond acceptors (Lipinski definition) is 2. The minimum atomic E-state index is -0.649. The first-order chi connectivity index (χ1) is 9.77. The quantitative estimate of drug-likeness (QED) is 0.885. The van der Waals surface area contributed by atoms with Crippen LogP contribution in [-0.2, 0) is 5.54 Å². The van der Waals surface area contributed by atoms with Gasteiger partial charge in [0.2, 0.25) is 0 Å². The number of aromatic nitrogens is 2. The number of halogens is 2. The third-order valence-corrected chi connectivity index (χ3v) is 3.94. The summed E-state index contributed by atoms with van der Waals surface area (Å²) in [7, 11) is 0. The molecule has 1 aromatic carbocycles. The molecule has 0 bridgehead atoms. The van der Waals surface area contributed by atoms with Crippen molar-refractivity contribution < 1.29 is 4.39 Å². The molecule has 2 aromatic rings. The molecule has 1 aromatic heterocycles. The normalized spacial score (nSPS) is 11.7. The van der Waals surface area contributed by atoms with Crippen molar-refractivity contribution in [3.8, 4) is 11.1 Å². The van der Waals surface area contributed by atoms with Crippen molar-refractivity contribution in [1.82, 2.24) is 9.55 Å². The van der Waals surface area contributed by atoms with Crippen molar-refractivity contribution in [1.29, 1.82) is 0 Å². The number of hydrogen-bond donors (Lipinski definition) is 1. The molecule has 0 aliphatic heterocycles. The molecule has 4 nitrogen and oxygen atoms in total. The molecule has 0 saturated carbocycles. The molecule has 0 spiro atoms. The van der Waals surface area contributed by atoms with E-state index in [4.69, 9.17) is 11.6 Å². The van der Waals surface area contributed by atoms with Gasteiger partial charge in [0.1, 0.15) is 11.0 Å². The topological polar surface area (TPSA) is 54.9 Å². The maximum absolute atomic E-state index is 13.0. The van der Waals surface area contributed by atoms with E-state index < -0.39 is 22.6 Å². The van der Waals surface area contributed by atoms with E-state index in [0.717, 1.165) is 4.57 Å². The summed E-state index contributed by atoms with van der Waals surface area (Å²) in [5.74, 6) is -0.409. The van der Waals surface area contributed by atoms with Crippen LogP contribution in [0.15, 0.2) is 33.9 Å². The first kappa shape index (κ1) is 15.5. The van der Waals surface area contributed by atoms with E-state index in [-0.39, 0.29) is 10.7 Å². The van der Waals surface area contributed by atoms with Crippen LogP contribution in [0, 0.1) is 5.82 Å². The van der Waals surface area contributed by atoms with Crippen LogP contribution < -0.4 is 11.2 Å². The molecule has 112 valence electrons. The van der Waals surface area contributed by atoms with Crippen LogP contribution in [0.5, 0.6) is 0 Å². The Bertz CT molecular complexity index is 776. The van der Waals surface area contributed by atoms with Crippen LogP contribution in [0.3, 0.4) is 0 Å². The standard InChI is InChI=1S/C15H16ClFN2O2/c1-4-15(2,3)19-13(20)11(12(16)18-14(19)21)9-5-7-10(17)8-6-9/h5-8H,4H2,1-3H3,(H,18,21). The smallest absolute Gasteiger partial charge is 0.297 e. The second-order valence-corrected chi connectivity index (χ2v) is 5.81. The van der Waals surface area contributed by atoms with Crippen molar-refractivity contribution in [3.63, 3.8) is 0 Å². The van der Waals surface area contributed by atoms with Crippen LogP contribution in [0.4, 0.5) is 4.39 Å². The molecule has 1 N–H and O–H groups in total. The van der Waals surface area contributed by atoms with Gasteiger partial charge in [0.25, 0.3) is 5.56 Å². The van der Waals surface area contributed by atoms with Gasteiger partial charge >= 0.3 is 5.69 Å². The summed E-state index contributed by atoms with van der Waals surface area (Å²) >= 11 is 6.01. The van der Waals surface area contributed by atoms with Crippen LogP contribution in [0.25, 0.3) is 11.1 Å². The third kappa shape index (κ3) is 2.78. The minimum Gasteiger partial charge on any atom is -0.297 e. The number of nitrogens with zero attached hydrogens (tertiary/aromatic N) is 1. The highest BCUT2D eigenvalue weighted by Gasteiger charge is 2.25. The second-order valence-electron chi connectivity index (χ2n) is 5.43. The molecule has 2 rings (SSSR count). The van der Waals surface area contributed by atoms with Gasteiger partial charge in [-0.15, -0.1) is 0 Å². The van der Waals surface area contributed by atoms with Crippen molar-refractivity contribution >= 4 is 11.6 Å². The zero-order chi connectivity index (χ0) is 15.8. The molecule has 0 unspecified atom stereocenters. The van der Waals surface area contributed by atoms with E-state index in [2.05, 4.69) is 4.98 Å².